The predicted octanol–water partition coefficient (Wildman–Crippen LogP) is 2.80. The van der Waals surface area contributed by atoms with E-state index >= 15 is 0 Å². The summed E-state index contributed by atoms with van der Waals surface area (Å²) in [5.41, 5.74) is 0.315. The molecule has 0 N–H and O–H groups in total. The van der Waals surface area contributed by atoms with Crippen LogP contribution < -0.4 is 0 Å². The second-order valence-corrected chi connectivity index (χ2v) is 3.45. The van der Waals surface area contributed by atoms with Gasteiger partial charge in [0.05, 0.1) is 5.54 Å². The highest BCUT2D eigenvalue weighted by Gasteiger charge is 2.23. The lowest BCUT2D eigenvalue weighted by atomic mass is 9.93. The van der Waals surface area contributed by atoms with Gasteiger partial charge in [0.2, 0.25) is 0 Å². The highest BCUT2D eigenvalue weighted by atomic mass is 14.9. The molecule has 1 nitrogen and oxygen atoms in total. The summed E-state index contributed by atoms with van der Waals surface area (Å²) in [6.45, 7) is 4.51. The van der Waals surface area contributed by atoms with E-state index in [2.05, 4.69) is 25.1 Å². The Labute approximate surface area is 63.5 Å². The Morgan fingerprint density at radius 2 is 2.40 bits per heavy atom. The summed E-state index contributed by atoms with van der Waals surface area (Å²) in [5.74, 6) is 0. The van der Waals surface area contributed by atoms with E-state index in [-0.39, 0.29) is 0 Å². The van der Waals surface area contributed by atoms with Crippen molar-refractivity contribution in [1.29, 1.82) is 0 Å². The standard InChI is InChI=1S/C9H17N/c1-3-4-6-9(2)7-5-8-10-9/h8H,3-7H2,1-2H3. The van der Waals surface area contributed by atoms with E-state index in [4.69, 9.17) is 0 Å². The van der Waals surface area contributed by atoms with Gasteiger partial charge in [-0.25, -0.2) is 0 Å². The maximum absolute atomic E-state index is 4.48. The molecular formula is C9H17N. The molecule has 1 unspecified atom stereocenters. The number of hydrogen-bond donors (Lipinski definition) is 0. The molecule has 0 fully saturated rings. The number of aliphatic imine (C=N–C) groups is 1. The van der Waals surface area contributed by atoms with Crippen LogP contribution in [0.25, 0.3) is 0 Å². The van der Waals surface area contributed by atoms with Crippen LogP contribution >= 0.6 is 0 Å². The molecule has 0 radical (unpaired) electrons. The highest BCUT2D eigenvalue weighted by Crippen LogP contribution is 2.27. The van der Waals surface area contributed by atoms with Gasteiger partial charge in [-0.05, 0) is 32.4 Å². The molecule has 0 spiro atoms. The Hall–Kier alpha value is -0.330. The minimum Gasteiger partial charge on any atom is -0.291 e. The Morgan fingerprint density at radius 1 is 1.60 bits per heavy atom. The van der Waals surface area contributed by atoms with Gasteiger partial charge in [0.25, 0.3) is 0 Å². The Balaban J connectivity index is 2.30. The lowest BCUT2D eigenvalue weighted by molar-refractivity contribution is 0.419. The number of rotatable bonds is 3. The number of nitrogens with zero attached hydrogens (tertiary/aromatic N) is 1. The van der Waals surface area contributed by atoms with E-state index in [0.717, 1.165) is 0 Å². The molecule has 0 saturated carbocycles. The van der Waals surface area contributed by atoms with E-state index < -0.39 is 0 Å². The maximum Gasteiger partial charge on any atom is 0.0579 e. The lowest BCUT2D eigenvalue weighted by Gasteiger charge is -2.19. The fourth-order valence-corrected chi connectivity index (χ4v) is 1.47. The topological polar surface area (TPSA) is 12.4 Å². The average molecular weight is 139 g/mol. The molecule has 0 aromatic carbocycles. The molecule has 1 heteroatoms. The predicted molar refractivity (Wildman–Crippen MR) is 45.7 cm³/mol. The Morgan fingerprint density at radius 3 is 2.90 bits per heavy atom. The monoisotopic (exact) mass is 139 g/mol. The van der Waals surface area contributed by atoms with Gasteiger partial charge in [-0.2, -0.15) is 0 Å². The third-order valence-electron chi connectivity index (χ3n) is 2.28. The van der Waals surface area contributed by atoms with E-state index in [1.54, 1.807) is 0 Å². The Kier molecular flexibility index (Phi) is 2.47. The van der Waals surface area contributed by atoms with Crippen LogP contribution in [0.3, 0.4) is 0 Å². The molecule has 1 heterocycles. The lowest BCUT2D eigenvalue weighted by Crippen LogP contribution is -2.17. The molecule has 0 aromatic heterocycles. The third kappa shape index (κ3) is 1.83. The van der Waals surface area contributed by atoms with Crippen LogP contribution in [0.15, 0.2) is 4.99 Å². The second kappa shape index (κ2) is 3.18. The van der Waals surface area contributed by atoms with Crippen molar-refractivity contribution in [2.24, 2.45) is 4.99 Å². The summed E-state index contributed by atoms with van der Waals surface area (Å²) in [4.78, 5) is 4.48. The molecule has 1 atom stereocenters. The summed E-state index contributed by atoms with van der Waals surface area (Å²) in [5, 5.41) is 0. The SMILES string of the molecule is CCCCC1(C)CCC=N1. The van der Waals surface area contributed by atoms with Crippen LogP contribution in [-0.2, 0) is 0 Å². The molecular weight excluding hydrogens is 122 g/mol. The highest BCUT2D eigenvalue weighted by molar-refractivity contribution is 5.60. The van der Waals surface area contributed by atoms with Gasteiger partial charge in [0, 0.05) is 0 Å². The second-order valence-electron chi connectivity index (χ2n) is 3.45. The van der Waals surface area contributed by atoms with Crippen molar-refractivity contribution in [1.82, 2.24) is 0 Å². The van der Waals surface area contributed by atoms with Crippen LogP contribution in [0.5, 0.6) is 0 Å². The van der Waals surface area contributed by atoms with Gasteiger partial charge in [0.1, 0.15) is 0 Å². The number of unbranched alkanes of at least 4 members (excludes halogenated alkanes) is 1. The van der Waals surface area contributed by atoms with Crippen molar-refractivity contribution in [3.63, 3.8) is 0 Å². The zero-order chi connectivity index (χ0) is 7.45. The van der Waals surface area contributed by atoms with Crippen molar-refractivity contribution in [3.05, 3.63) is 0 Å². The third-order valence-corrected chi connectivity index (χ3v) is 2.28. The van der Waals surface area contributed by atoms with Crippen LogP contribution in [0.1, 0.15) is 46.0 Å². The van der Waals surface area contributed by atoms with Gasteiger partial charge in [-0.3, -0.25) is 4.99 Å². The molecule has 1 aliphatic rings. The van der Waals surface area contributed by atoms with Crippen molar-refractivity contribution < 1.29 is 0 Å². The molecule has 1 aliphatic heterocycles. The van der Waals surface area contributed by atoms with Gasteiger partial charge in [-0.1, -0.05) is 19.8 Å². The summed E-state index contributed by atoms with van der Waals surface area (Å²) in [7, 11) is 0. The molecule has 10 heavy (non-hydrogen) atoms. The van der Waals surface area contributed by atoms with Gasteiger partial charge < -0.3 is 0 Å². The fraction of sp³-hybridized carbons (Fsp3) is 0.889. The quantitative estimate of drug-likeness (QED) is 0.570. The van der Waals surface area contributed by atoms with E-state index in [1.807, 2.05) is 0 Å². The van der Waals surface area contributed by atoms with Crippen molar-refractivity contribution >= 4 is 6.21 Å². The minimum absolute atomic E-state index is 0.315. The molecule has 1 rings (SSSR count). The van der Waals surface area contributed by atoms with E-state index in [9.17, 15) is 0 Å². The first-order valence-electron chi connectivity index (χ1n) is 4.30. The first-order valence-corrected chi connectivity index (χ1v) is 4.30. The zero-order valence-electron chi connectivity index (χ0n) is 7.06. The molecule has 0 amide bonds. The molecule has 58 valence electrons. The molecule has 0 bridgehead atoms. The summed E-state index contributed by atoms with van der Waals surface area (Å²) in [6, 6.07) is 0. The van der Waals surface area contributed by atoms with E-state index in [0.29, 0.717) is 5.54 Å². The molecule has 0 aromatic rings. The molecule has 0 saturated heterocycles. The first kappa shape index (κ1) is 7.77. The van der Waals surface area contributed by atoms with Gasteiger partial charge in [0.15, 0.2) is 0 Å². The van der Waals surface area contributed by atoms with Crippen LogP contribution in [0.2, 0.25) is 0 Å². The number of hydrogen-bond acceptors (Lipinski definition) is 1. The Bertz CT molecular complexity index is 129. The van der Waals surface area contributed by atoms with Crippen LogP contribution in [0, 0.1) is 0 Å². The zero-order valence-corrected chi connectivity index (χ0v) is 7.06. The van der Waals surface area contributed by atoms with Crippen LogP contribution in [-0.4, -0.2) is 11.8 Å². The van der Waals surface area contributed by atoms with Gasteiger partial charge in [-0.15, -0.1) is 0 Å². The van der Waals surface area contributed by atoms with Crippen molar-refractivity contribution in [2.75, 3.05) is 0 Å². The minimum atomic E-state index is 0.315. The summed E-state index contributed by atoms with van der Waals surface area (Å²) >= 11 is 0. The maximum atomic E-state index is 4.48. The first-order chi connectivity index (χ1) is 4.77. The average Bonchev–Trinajstić information content (AvgIpc) is 2.33. The molecule has 0 aliphatic carbocycles. The van der Waals surface area contributed by atoms with Crippen LogP contribution in [0.4, 0.5) is 0 Å². The summed E-state index contributed by atoms with van der Waals surface area (Å²) < 4.78 is 0. The smallest absolute Gasteiger partial charge is 0.0579 e. The van der Waals surface area contributed by atoms with Gasteiger partial charge >= 0.3 is 0 Å². The fourth-order valence-electron chi connectivity index (χ4n) is 1.47. The summed E-state index contributed by atoms with van der Waals surface area (Å²) in [6.07, 6.45) is 8.45. The van der Waals surface area contributed by atoms with Crippen molar-refractivity contribution in [2.45, 2.75) is 51.5 Å². The van der Waals surface area contributed by atoms with E-state index in [1.165, 1.54) is 32.1 Å². The van der Waals surface area contributed by atoms with Crippen molar-refractivity contribution in [3.8, 4) is 0 Å². The normalized spacial score (nSPS) is 31.4. The largest absolute Gasteiger partial charge is 0.291 e.